The maximum Gasteiger partial charge on any atom is 0.0572 e. The zero-order valence-corrected chi connectivity index (χ0v) is 10.0. The van der Waals surface area contributed by atoms with Crippen LogP contribution in [0.2, 0.25) is 0 Å². The maximum absolute atomic E-state index is 8.90. The van der Waals surface area contributed by atoms with Gasteiger partial charge in [0.05, 0.1) is 6.61 Å². The molecular weight excluding hydrogens is 200 g/mol. The summed E-state index contributed by atoms with van der Waals surface area (Å²) in [5, 5.41) is 10.7. The first kappa shape index (κ1) is 11.0. The Hall–Kier alpha value is -0.120. The van der Waals surface area contributed by atoms with Gasteiger partial charge in [0.25, 0.3) is 0 Å². The van der Waals surface area contributed by atoms with Gasteiger partial charge in [0.1, 0.15) is 0 Å². The van der Waals surface area contributed by atoms with E-state index in [2.05, 4.69) is 0 Å². The largest absolute Gasteiger partial charge is 0.395 e. The summed E-state index contributed by atoms with van der Waals surface area (Å²) in [6, 6.07) is 0. The number of hydrogen-bond acceptors (Lipinski definition) is 3. The Kier molecular flexibility index (Phi) is 2.94. The molecule has 16 heavy (non-hydrogen) atoms. The summed E-state index contributed by atoms with van der Waals surface area (Å²) in [5.41, 5.74) is 0. The van der Waals surface area contributed by atoms with Gasteiger partial charge in [0.2, 0.25) is 0 Å². The molecule has 0 atom stereocenters. The summed E-state index contributed by atoms with van der Waals surface area (Å²) < 4.78 is 0. The second-order valence-corrected chi connectivity index (χ2v) is 6.31. The van der Waals surface area contributed by atoms with E-state index in [0.29, 0.717) is 6.54 Å². The zero-order valence-electron chi connectivity index (χ0n) is 10.0. The first-order valence-corrected chi connectivity index (χ1v) is 6.86. The lowest BCUT2D eigenvalue weighted by Crippen LogP contribution is -2.50. The van der Waals surface area contributed by atoms with Crippen molar-refractivity contribution in [3.63, 3.8) is 0 Å². The minimum Gasteiger partial charge on any atom is -0.395 e. The van der Waals surface area contributed by atoms with Crippen molar-refractivity contribution in [1.82, 2.24) is 5.01 Å². The van der Waals surface area contributed by atoms with Gasteiger partial charge in [-0.25, -0.2) is 5.01 Å². The van der Waals surface area contributed by atoms with Crippen LogP contribution in [0, 0.1) is 29.6 Å². The van der Waals surface area contributed by atoms with Crippen LogP contribution >= 0.6 is 0 Å². The van der Waals surface area contributed by atoms with Gasteiger partial charge in [0, 0.05) is 13.1 Å². The Morgan fingerprint density at radius 1 is 1.00 bits per heavy atom. The van der Waals surface area contributed by atoms with Gasteiger partial charge in [-0.1, -0.05) is 0 Å². The molecule has 4 saturated carbocycles. The maximum atomic E-state index is 8.90. The Bertz CT molecular complexity index is 228. The van der Waals surface area contributed by atoms with Gasteiger partial charge in [0.15, 0.2) is 0 Å². The van der Waals surface area contributed by atoms with Crippen molar-refractivity contribution in [3.8, 4) is 0 Å². The van der Waals surface area contributed by atoms with E-state index in [1.165, 1.54) is 32.1 Å². The number of aliphatic hydroxyl groups is 1. The zero-order chi connectivity index (χ0) is 11.1. The summed E-state index contributed by atoms with van der Waals surface area (Å²) in [5.74, 6) is 10.7. The van der Waals surface area contributed by atoms with E-state index in [1.54, 1.807) is 0 Å². The van der Waals surface area contributed by atoms with Crippen molar-refractivity contribution >= 4 is 0 Å². The van der Waals surface area contributed by atoms with Crippen LogP contribution in [0.15, 0.2) is 0 Å². The molecule has 0 spiro atoms. The SMILES string of the molecule is NN(CCO)CC1C2CC3CC(C2)CC1C3. The molecular formula is C13H24N2O. The average Bonchev–Trinajstić information content (AvgIpc) is 2.23. The van der Waals surface area contributed by atoms with Crippen LogP contribution in [0.5, 0.6) is 0 Å². The Morgan fingerprint density at radius 2 is 1.56 bits per heavy atom. The third-order valence-electron chi connectivity index (χ3n) is 5.25. The van der Waals surface area contributed by atoms with E-state index < -0.39 is 0 Å². The van der Waals surface area contributed by atoms with E-state index in [-0.39, 0.29) is 6.61 Å². The van der Waals surface area contributed by atoms with Crippen molar-refractivity contribution in [2.75, 3.05) is 19.7 Å². The Balaban J connectivity index is 1.63. The smallest absolute Gasteiger partial charge is 0.0572 e. The summed E-state index contributed by atoms with van der Waals surface area (Å²) in [7, 11) is 0. The summed E-state index contributed by atoms with van der Waals surface area (Å²) >= 11 is 0. The van der Waals surface area contributed by atoms with E-state index >= 15 is 0 Å². The predicted octanol–water partition coefficient (Wildman–Crippen LogP) is 1.23. The van der Waals surface area contributed by atoms with E-state index in [9.17, 15) is 0 Å². The van der Waals surface area contributed by atoms with Crippen LogP contribution in [0.4, 0.5) is 0 Å². The fourth-order valence-corrected chi connectivity index (χ4v) is 4.83. The van der Waals surface area contributed by atoms with Gasteiger partial charge >= 0.3 is 0 Å². The Morgan fingerprint density at radius 3 is 2.06 bits per heavy atom. The molecule has 4 aliphatic rings. The topological polar surface area (TPSA) is 49.5 Å². The van der Waals surface area contributed by atoms with Crippen LogP contribution in [0.3, 0.4) is 0 Å². The molecule has 0 aliphatic heterocycles. The van der Waals surface area contributed by atoms with Crippen molar-refractivity contribution in [2.45, 2.75) is 32.1 Å². The lowest BCUT2D eigenvalue weighted by molar-refractivity contribution is -0.0503. The monoisotopic (exact) mass is 224 g/mol. The molecule has 4 fully saturated rings. The number of nitrogens with zero attached hydrogens (tertiary/aromatic N) is 1. The van der Waals surface area contributed by atoms with E-state index in [4.69, 9.17) is 10.9 Å². The quantitative estimate of drug-likeness (QED) is 0.558. The van der Waals surface area contributed by atoms with Crippen LogP contribution in [0.25, 0.3) is 0 Å². The standard InChI is InChI=1S/C13H24N2O/c14-15(1-2-16)8-13-11-4-9-3-10(6-11)7-12(13)5-9/h9-13,16H,1-8,14H2. The molecule has 3 heteroatoms. The van der Waals surface area contributed by atoms with E-state index in [1.807, 2.05) is 5.01 Å². The highest BCUT2D eigenvalue weighted by Gasteiger charge is 2.48. The van der Waals surface area contributed by atoms with Gasteiger partial charge in [-0.2, -0.15) is 0 Å². The van der Waals surface area contributed by atoms with Crippen LogP contribution in [0.1, 0.15) is 32.1 Å². The molecule has 3 nitrogen and oxygen atoms in total. The lowest BCUT2D eigenvalue weighted by Gasteiger charge is -2.55. The molecule has 0 unspecified atom stereocenters. The van der Waals surface area contributed by atoms with Gasteiger partial charge in [-0.05, 0) is 61.7 Å². The second-order valence-electron chi connectivity index (χ2n) is 6.31. The highest BCUT2D eigenvalue weighted by molar-refractivity contribution is 4.98. The normalized spacial score (nSPS) is 45.6. The summed E-state index contributed by atoms with van der Waals surface area (Å²) in [4.78, 5) is 0. The summed E-state index contributed by atoms with van der Waals surface area (Å²) in [6.45, 7) is 1.82. The number of aliphatic hydroxyl groups excluding tert-OH is 1. The van der Waals surface area contributed by atoms with Crippen LogP contribution in [-0.4, -0.2) is 29.8 Å². The highest BCUT2D eigenvalue weighted by Crippen LogP contribution is 2.56. The highest BCUT2D eigenvalue weighted by atomic mass is 16.3. The molecule has 4 aliphatic carbocycles. The van der Waals surface area contributed by atoms with Crippen molar-refractivity contribution in [3.05, 3.63) is 0 Å². The van der Waals surface area contributed by atoms with Crippen molar-refractivity contribution in [2.24, 2.45) is 35.4 Å². The Labute approximate surface area is 98.0 Å². The van der Waals surface area contributed by atoms with Crippen LogP contribution in [-0.2, 0) is 0 Å². The number of hydrogen-bond donors (Lipinski definition) is 2. The first-order chi connectivity index (χ1) is 7.76. The molecule has 0 radical (unpaired) electrons. The van der Waals surface area contributed by atoms with E-state index in [0.717, 1.165) is 36.1 Å². The minimum absolute atomic E-state index is 0.184. The van der Waals surface area contributed by atoms with Crippen LogP contribution < -0.4 is 5.84 Å². The fraction of sp³-hybridized carbons (Fsp3) is 1.00. The predicted molar refractivity (Wildman–Crippen MR) is 63.4 cm³/mol. The molecule has 0 heterocycles. The molecule has 0 amide bonds. The fourth-order valence-electron chi connectivity index (χ4n) is 4.83. The average molecular weight is 224 g/mol. The molecule has 0 aromatic rings. The van der Waals surface area contributed by atoms with Crippen molar-refractivity contribution in [1.29, 1.82) is 0 Å². The third-order valence-corrected chi connectivity index (χ3v) is 5.25. The number of rotatable bonds is 4. The molecule has 92 valence electrons. The second kappa shape index (κ2) is 4.28. The van der Waals surface area contributed by atoms with Gasteiger partial charge < -0.3 is 5.11 Å². The molecule has 0 saturated heterocycles. The summed E-state index contributed by atoms with van der Waals surface area (Å²) in [6.07, 6.45) is 7.37. The number of hydrazine groups is 1. The lowest BCUT2D eigenvalue weighted by atomic mass is 9.52. The molecule has 4 bridgehead atoms. The number of nitrogens with two attached hydrogens (primary N) is 1. The third kappa shape index (κ3) is 1.89. The van der Waals surface area contributed by atoms with Gasteiger partial charge in [-0.3, -0.25) is 5.84 Å². The first-order valence-electron chi connectivity index (χ1n) is 6.86. The van der Waals surface area contributed by atoms with Gasteiger partial charge in [-0.15, -0.1) is 0 Å². The molecule has 3 N–H and O–H groups in total. The minimum atomic E-state index is 0.184. The van der Waals surface area contributed by atoms with Crippen molar-refractivity contribution < 1.29 is 5.11 Å². The molecule has 4 rings (SSSR count). The molecule has 0 aromatic carbocycles. The molecule has 0 aromatic heterocycles.